The second-order valence-corrected chi connectivity index (χ2v) is 12.5. The molecule has 1 aliphatic rings. The lowest BCUT2D eigenvalue weighted by molar-refractivity contribution is -0.141. The molecule has 1 fully saturated rings. The van der Waals surface area contributed by atoms with Crippen LogP contribution >= 0.6 is 23.2 Å². The van der Waals surface area contributed by atoms with Crippen LogP contribution in [0.5, 0.6) is 5.75 Å². The van der Waals surface area contributed by atoms with Gasteiger partial charge in [-0.2, -0.15) is 0 Å². The molecule has 214 valence electrons. The molecular formula is C28H37Cl2N3O5S. The Bertz CT molecular complexity index is 1230. The van der Waals surface area contributed by atoms with Crippen molar-refractivity contribution in [3.05, 3.63) is 58.1 Å². The van der Waals surface area contributed by atoms with Crippen molar-refractivity contribution in [3.8, 4) is 5.75 Å². The van der Waals surface area contributed by atoms with Gasteiger partial charge in [0.25, 0.3) is 0 Å². The largest absolute Gasteiger partial charge is 0.495 e. The maximum atomic E-state index is 13.7. The van der Waals surface area contributed by atoms with Crippen LogP contribution in [-0.2, 0) is 26.2 Å². The highest BCUT2D eigenvalue weighted by Gasteiger charge is 2.31. The number of ether oxygens (including phenoxy) is 1. The van der Waals surface area contributed by atoms with E-state index >= 15 is 0 Å². The molecule has 0 aromatic heterocycles. The van der Waals surface area contributed by atoms with Crippen LogP contribution in [0.1, 0.15) is 57.4 Å². The molecule has 39 heavy (non-hydrogen) atoms. The molecule has 0 saturated heterocycles. The van der Waals surface area contributed by atoms with Crippen LogP contribution in [0.25, 0.3) is 0 Å². The number of carbonyl (C=O) groups excluding carboxylic acids is 2. The highest BCUT2D eigenvalue weighted by Crippen LogP contribution is 2.31. The van der Waals surface area contributed by atoms with Crippen LogP contribution in [0.15, 0.2) is 42.5 Å². The maximum Gasteiger partial charge on any atom is 0.243 e. The minimum absolute atomic E-state index is 0.0243. The number of amides is 2. The van der Waals surface area contributed by atoms with E-state index in [4.69, 9.17) is 27.9 Å². The van der Waals surface area contributed by atoms with Gasteiger partial charge in [0, 0.05) is 41.2 Å². The fourth-order valence-electron chi connectivity index (χ4n) is 4.96. The van der Waals surface area contributed by atoms with Gasteiger partial charge in [0.15, 0.2) is 0 Å². The van der Waals surface area contributed by atoms with Gasteiger partial charge in [0.05, 0.1) is 19.1 Å². The standard InChI is InChI=1S/C28H37Cl2N3O5S/c1-4-24(28(35)31-20-11-5-6-12-20)32(19-21-22(29)13-9-14-23(21)30)27(34)17-10-18-33(39(3,36)37)25-15-7-8-16-26(25)38-2/h7-9,13-16,20,24H,4-6,10-12,17-19H2,1-3H3,(H,31,35). The Morgan fingerprint density at radius 3 is 2.31 bits per heavy atom. The number of nitrogens with one attached hydrogen (secondary N) is 1. The summed E-state index contributed by atoms with van der Waals surface area (Å²) in [5.41, 5.74) is 0.963. The fourth-order valence-corrected chi connectivity index (χ4v) is 6.44. The lowest BCUT2D eigenvalue weighted by Crippen LogP contribution is -2.51. The zero-order chi connectivity index (χ0) is 28.6. The molecular weight excluding hydrogens is 561 g/mol. The Kier molecular flexibility index (Phi) is 11.3. The Balaban J connectivity index is 1.82. The molecule has 0 radical (unpaired) electrons. The van der Waals surface area contributed by atoms with Gasteiger partial charge in [0.2, 0.25) is 21.8 Å². The topological polar surface area (TPSA) is 96.0 Å². The molecule has 1 saturated carbocycles. The van der Waals surface area contributed by atoms with Gasteiger partial charge in [-0.25, -0.2) is 8.42 Å². The van der Waals surface area contributed by atoms with E-state index in [1.54, 1.807) is 42.5 Å². The highest BCUT2D eigenvalue weighted by atomic mass is 35.5. The molecule has 0 heterocycles. The Morgan fingerprint density at radius 2 is 1.72 bits per heavy atom. The Labute approximate surface area is 241 Å². The average molecular weight is 599 g/mol. The van der Waals surface area contributed by atoms with Crippen molar-refractivity contribution < 1.29 is 22.7 Å². The Hall–Kier alpha value is -2.49. The first kappa shape index (κ1) is 31.0. The van der Waals surface area contributed by atoms with E-state index in [9.17, 15) is 18.0 Å². The van der Waals surface area contributed by atoms with Crippen molar-refractivity contribution in [3.63, 3.8) is 0 Å². The number of benzene rings is 2. The molecule has 2 aromatic rings. The van der Waals surface area contributed by atoms with Crippen molar-refractivity contribution in [2.24, 2.45) is 0 Å². The SMILES string of the molecule is CCC(C(=O)NC1CCCC1)N(Cc1c(Cl)cccc1Cl)C(=O)CCCN(c1ccccc1OC)S(C)(=O)=O. The van der Waals surface area contributed by atoms with Gasteiger partial charge >= 0.3 is 0 Å². The van der Waals surface area contributed by atoms with Gasteiger partial charge in [-0.05, 0) is 49.9 Å². The van der Waals surface area contributed by atoms with Crippen LogP contribution in [0.3, 0.4) is 0 Å². The summed E-state index contributed by atoms with van der Waals surface area (Å²) in [4.78, 5) is 28.5. The van der Waals surface area contributed by atoms with Gasteiger partial charge in [-0.3, -0.25) is 13.9 Å². The number of para-hydroxylation sites is 2. The van der Waals surface area contributed by atoms with E-state index in [0.29, 0.717) is 33.5 Å². The summed E-state index contributed by atoms with van der Waals surface area (Å²) >= 11 is 12.9. The van der Waals surface area contributed by atoms with Gasteiger partial charge in [0.1, 0.15) is 11.8 Å². The quantitative estimate of drug-likeness (QED) is 0.333. The zero-order valence-corrected chi connectivity index (χ0v) is 25.0. The van der Waals surface area contributed by atoms with E-state index in [-0.39, 0.29) is 43.8 Å². The van der Waals surface area contributed by atoms with E-state index < -0.39 is 16.1 Å². The lowest BCUT2D eigenvalue weighted by atomic mass is 10.1. The molecule has 1 unspecified atom stereocenters. The van der Waals surface area contributed by atoms with Gasteiger partial charge < -0.3 is 15.0 Å². The summed E-state index contributed by atoms with van der Waals surface area (Å²) in [6.45, 7) is 1.99. The van der Waals surface area contributed by atoms with Crippen molar-refractivity contribution in [2.45, 2.75) is 70.5 Å². The number of sulfonamides is 1. The van der Waals surface area contributed by atoms with Crippen LogP contribution in [0.2, 0.25) is 10.0 Å². The number of rotatable bonds is 13. The van der Waals surface area contributed by atoms with Crippen molar-refractivity contribution >= 4 is 50.7 Å². The van der Waals surface area contributed by atoms with Crippen molar-refractivity contribution in [2.75, 3.05) is 24.2 Å². The number of nitrogens with zero attached hydrogens (tertiary/aromatic N) is 2. The summed E-state index contributed by atoms with van der Waals surface area (Å²) in [6, 6.07) is 11.3. The second-order valence-electron chi connectivity index (χ2n) is 9.75. The molecule has 3 rings (SSSR count). The lowest BCUT2D eigenvalue weighted by Gasteiger charge is -2.32. The summed E-state index contributed by atoms with van der Waals surface area (Å²) in [7, 11) is -2.17. The van der Waals surface area contributed by atoms with Crippen LogP contribution in [0, 0.1) is 0 Å². The first-order valence-corrected chi connectivity index (χ1v) is 15.8. The predicted molar refractivity (Wildman–Crippen MR) is 156 cm³/mol. The number of anilines is 1. The number of methoxy groups -OCH3 is 1. The molecule has 11 heteroatoms. The highest BCUT2D eigenvalue weighted by molar-refractivity contribution is 7.92. The van der Waals surface area contributed by atoms with Gasteiger partial charge in [-0.1, -0.05) is 61.2 Å². The normalized spacial score (nSPS) is 14.6. The smallest absolute Gasteiger partial charge is 0.243 e. The first-order valence-electron chi connectivity index (χ1n) is 13.2. The summed E-state index contributed by atoms with van der Waals surface area (Å²) in [5.74, 6) is -0.0699. The number of hydrogen-bond donors (Lipinski definition) is 1. The predicted octanol–water partition coefficient (Wildman–Crippen LogP) is 5.41. The second kappa shape index (κ2) is 14.2. The van der Waals surface area contributed by atoms with Crippen LogP contribution in [0.4, 0.5) is 5.69 Å². The van der Waals surface area contributed by atoms with E-state index in [1.165, 1.54) is 16.3 Å². The van der Waals surface area contributed by atoms with Crippen molar-refractivity contribution in [1.29, 1.82) is 0 Å². The first-order chi connectivity index (χ1) is 18.6. The molecule has 1 aliphatic carbocycles. The molecule has 8 nitrogen and oxygen atoms in total. The molecule has 0 spiro atoms. The van der Waals surface area contributed by atoms with E-state index in [2.05, 4.69) is 5.32 Å². The number of halogens is 2. The molecule has 1 atom stereocenters. The molecule has 2 amide bonds. The van der Waals surface area contributed by atoms with E-state index in [1.807, 2.05) is 6.92 Å². The third kappa shape index (κ3) is 8.25. The summed E-state index contributed by atoms with van der Waals surface area (Å²) in [6.07, 6.45) is 5.78. The molecule has 1 N–H and O–H groups in total. The number of hydrogen-bond acceptors (Lipinski definition) is 5. The third-order valence-electron chi connectivity index (χ3n) is 6.98. The van der Waals surface area contributed by atoms with E-state index in [0.717, 1.165) is 31.9 Å². The van der Waals surface area contributed by atoms with Crippen LogP contribution < -0.4 is 14.4 Å². The fraction of sp³-hybridized carbons (Fsp3) is 0.500. The Morgan fingerprint density at radius 1 is 1.08 bits per heavy atom. The van der Waals surface area contributed by atoms with Crippen LogP contribution in [-0.4, -0.2) is 57.1 Å². The zero-order valence-electron chi connectivity index (χ0n) is 22.7. The molecule has 0 bridgehead atoms. The maximum absolute atomic E-state index is 13.7. The van der Waals surface area contributed by atoms with Gasteiger partial charge in [-0.15, -0.1) is 0 Å². The minimum atomic E-state index is -3.65. The molecule has 2 aromatic carbocycles. The summed E-state index contributed by atoms with van der Waals surface area (Å²) in [5, 5.41) is 3.92. The minimum Gasteiger partial charge on any atom is -0.495 e. The summed E-state index contributed by atoms with van der Waals surface area (Å²) < 4.78 is 31.8. The third-order valence-corrected chi connectivity index (χ3v) is 8.87. The van der Waals surface area contributed by atoms with Crippen molar-refractivity contribution in [1.82, 2.24) is 10.2 Å². The number of carbonyl (C=O) groups is 2. The monoisotopic (exact) mass is 597 g/mol. The molecule has 0 aliphatic heterocycles. The average Bonchev–Trinajstić information content (AvgIpc) is 3.40.